The highest BCUT2D eigenvalue weighted by atomic mass is 16.5. The number of anilines is 1. The van der Waals surface area contributed by atoms with E-state index in [2.05, 4.69) is 35.7 Å². The van der Waals surface area contributed by atoms with E-state index in [1.54, 1.807) is 0 Å². The fraction of sp³-hybridized carbons (Fsp3) is 0.385. The van der Waals surface area contributed by atoms with E-state index in [9.17, 15) is 0 Å². The first-order chi connectivity index (χ1) is 7.40. The second-order valence-corrected chi connectivity index (χ2v) is 3.76. The van der Waals surface area contributed by atoms with E-state index in [0.29, 0.717) is 0 Å². The van der Waals surface area contributed by atoms with E-state index in [-0.39, 0.29) is 0 Å². The largest absolute Gasteiger partial charge is 0.378 e. The summed E-state index contributed by atoms with van der Waals surface area (Å²) in [6.45, 7) is 7.43. The van der Waals surface area contributed by atoms with Crippen LogP contribution in [0.3, 0.4) is 0 Å². The molecule has 0 bridgehead atoms. The molecule has 1 aliphatic heterocycles. The van der Waals surface area contributed by atoms with Crippen molar-refractivity contribution in [2.75, 3.05) is 31.2 Å². The monoisotopic (exact) mass is 203 g/mol. The minimum Gasteiger partial charge on any atom is -0.378 e. The molecule has 2 heteroatoms. The van der Waals surface area contributed by atoms with E-state index >= 15 is 0 Å². The molecule has 80 valence electrons. The molecule has 1 aromatic carbocycles. The van der Waals surface area contributed by atoms with Crippen molar-refractivity contribution in [3.8, 4) is 0 Å². The van der Waals surface area contributed by atoms with Crippen molar-refractivity contribution in [2.24, 2.45) is 0 Å². The van der Waals surface area contributed by atoms with Gasteiger partial charge in [0.05, 0.1) is 13.2 Å². The summed E-state index contributed by atoms with van der Waals surface area (Å²) in [7, 11) is 0. The molecule has 0 atom stereocenters. The topological polar surface area (TPSA) is 12.5 Å². The van der Waals surface area contributed by atoms with Crippen LogP contribution < -0.4 is 4.90 Å². The van der Waals surface area contributed by atoms with Crippen LogP contribution in [0.2, 0.25) is 0 Å². The fourth-order valence-electron chi connectivity index (χ4n) is 1.83. The first-order valence-electron chi connectivity index (χ1n) is 5.42. The number of hydrogen-bond donors (Lipinski definition) is 0. The van der Waals surface area contributed by atoms with Crippen LogP contribution in [-0.4, -0.2) is 26.3 Å². The summed E-state index contributed by atoms with van der Waals surface area (Å²) >= 11 is 0. The van der Waals surface area contributed by atoms with Crippen molar-refractivity contribution in [1.29, 1.82) is 0 Å². The van der Waals surface area contributed by atoms with Gasteiger partial charge in [0, 0.05) is 18.8 Å². The lowest BCUT2D eigenvalue weighted by Gasteiger charge is -2.28. The highest BCUT2D eigenvalue weighted by Gasteiger charge is 2.10. The Bertz CT molecular complexity index is 312. The van der Waals surface area contributed by atoms with E-state index in [4.69, 9.17) is 4.74 Å². The number of morpholine rings is 1. The van der Waals surface area contributed by atoms with E-state index in [0.717, 1.165) is 32.7 Å². The molecule has 2 nitrogen and oxygen atoms in total. The molecule has 0 aromatic heterocycles. The number of hydrogen-bond acceptors (Lipinski definition) is 2. The Morgan fingerprint density at radius 2 is 1.87 bits per heavy atom. The molecule has 1 heterocycles. The molecule has 1 aliphatic rings. The molecule has 1 saturated heterocycles. The minimum atomic E-state index is 0.842. The molecule has 0 saturated carbocycles. The van der Waals surface area contributed by atoms with Crippen LogP contribution in [0.1, 0.15) is 5.56 Å². The molecule has 1 aromatic rings. The van der Waals surface area contributed by atoms with Crippen molar-refractivity contribution >= 4 is 5.69 Å². The maximum absolute atomic E-state index is 5.33. The van der Waals surface area contributed by atoms with Gasteiger partial charge in [0.1, 0.15) is 0 Å². The van der Waals surface area contributed by atoms with Crippen molar-refractivity contribution in [2.45, 2.75) is 6.42 Å². The van der Waals surface area contributed by atoms with Gasteiger partial charge in [-0.2, -0.15) is 0 Å². The number of benzene rings is 1. The summed E-state index contributed by atoms with van der Waals surface area (Å²) in [6, 6.07) is 8.72. The minimum absolute atomic E-state index is 0.842. The van der Waals surface area contributed by atoms with Crippen LogP contribution in [0, 0.1) is 0 Å². The number of rotatable bonds is 3. The summed E-state index contributed by atoms with van der Waals surface area (Å²) in [5.41, 5.74) is 2.62. The van der Waals surface area contributed by atoms with Crippen LogP contribution in [0.5, 0.6) is 0 Å². The SMILES string of the molecule is C=CCc1ccc(N2CCOCC2)cc1. The van der Waals surface area contributed by atoms with Crippen LogP contribution in [0.25, 0.3) is 0 Å². The van der Waals surface area contributed by atoms with Gasteiger partial charge in [0.15, 0.2) is 0 Å². The van der Waals surface area contributed by atoms with Gasteiger partial charge in [0.2, 0.25) is 0 Å². The molecule has 0 spiro atoms. The predicted molar refractivity (Wildman–Crippen MR) is 63.4 cm³/mol. The molecule has 2 rings (SSSR count). The molecule has 1 fully saturated rings. The van der Waals surface area contributed by atoms with Gasteiger partial charge in [-0.3, -0.25) is 0 Å². The number of allylic oxidation sites excluding steroid dienone is 1. The van der Waals surface area contributed by atoms with Gasteiger partial charge in [0.25, 0.3) is 0 Å². The van der Waals surface area contributed by atoms with Crippen LogP contribution in [0.4, 0.5) is 5.69 Å². The zero-order valence-electron chi connectivity index (χ0n) is 8.98. The Kier molecular flexibility index (Phi) is 3.41. The molecular weight excluding hydrogens is 186 g/mol. The fourth-order valence-corrected chi connectivity index (χ4v) is 1.83. The second kappa shape index (κ2) is 4.99. The smallest absolute Gasteiger partial charge is 0.0642 e. The maximum Gasteiger partial charge on any atom is 0.0642 e. The maximum atomic E-state index is 5.33. The van der Waals surface area contributed by atoms with E-state index < -0.39 is 0 Å². The van der Waals surface area contributed by atoms with Gasteiger partial charge in [-0.05, 0) is 24.1 Å². The first kappa shape index (κ1) is 10.2. The molecule has 0 unspecified atom stereocenters. The average molecular weight is 203 g/mol. The van der Waals surface area contributed by atoms with Crippen molar-refractivity contribution in [3.05, 3.63) is 42.5 Å². The molecule has 0 amide bonds. The average Bonchev–Trinajstić information content (AvgIpc) is 2.32. The van der Waals surface area contributed by atoms with Gasteiger partial charge < -0.3 is 9.64 Å². The third-order valence-electron chi connectivity index (χ3n) is 2.69. The van der Waals surface area contributed by atoms with Gasteiger partial charge in [-0.15, -0.1) is 6.58 Å². The third kappa shape index (κ3) is 2.60. The Morgan fingerprint density at radius 1 is 1.20 bits per heavy atom. The lowest BCUT2D eigenvalue weighted by atomic mass is 10.1. The standard InChI is InChI=1S/C13H17NO/c1-2-3-12-4-6-13(7-5-12)14-8-10-15-11-9-14/h2,4-7H,1,3,8-11H2. The zero-order chi connectivity index (χ0) is 10.5. The summed E-state index contributed by atoms with van der Waals surface area (Å²) in [5.74, 6) is 0. The second-order valence-electron chi connectivity index (χ2n) is 3.76. The summed E-state index contributed by atoms with van der Waals surface area (Å²) in [4.78, 5) is 2.36. The summed E-state index contributed by atoms with van der Waals surface area (Å²) in [5, 5.41) is 0. The molecule has 0 N–H and O–H groups in total. The molecule has 15 heavy (non-hydrogen) atoms. The van der Waals surface area contributed by atoms with E-state index in [1.165, 1.54) is 11.3 Å². The highest BCUT2D eigenvalue weighted by Crippen LogP contribution is 2.16. The van der Waals surface area contributed by atoms with Gasteiger partial charge >= 0.3 is 0 Å². The normalized spacial score (nSPS) is 16.4. The molecule has 0 aliphatic carbocycles. The zero-order valence-corrected chi connectivity index (χ0v) is 8.98. The Hall–Kier alpha value is -1.28. The van der Waals surface area contributed by atoms with Crippen molar-refractivity contribution in [3.63, 3.8) is 0 Å². The first-order valence-corrected chi connectivity index (χ1v) is 5.42. The quantitative estimate of drug-likeness (QED) is 0.699. The van der Waals surface area contributed by atoms with Crippen LogP contribution in [-0.2, 0) is 11.2 Å². The third-order valence-corrected chi connectivity index (χ3v) is 2.69. The molecular formula is C13H17NO. The number of ether oxygens (including phenoxy) is 1. The highest BCUT2D eigenvalue weighted by molar-refractivity contribution is 5.48. The van der Waals surface area contributed by atoms with E-state index in [1.807, 2.05) is 6.08 Å². The Labute approximate surface area is 91.2 Å². The van der Waals surface area contributed by atoms with Gasteiger partial charge in [-0.1, -0.05) is 18.2 Å². The number of nitrogens with zero attached hydrogens (tertiary/aromatic N) is 1. The summed E-state index contributed by atoms with van der Waals surface area (Å²) < 4.78 is 5.33. The molecule has 0 radical (unpaired) electrons. The predicted octanol–water partition coefficient (Wildman–Crippen LogP) is 2.25. The van der Waals surface area contributed by atoms with Crippen LogP contribution >= 0.6 is 0 Å². The Balaban J connectivity index is 2.04. The van der Waals surface area contributed by atoms with Crippen molar-refractivity contribution in [1.82, 2.24) is 0 Å². The lowest BCUT2D eigenvalue weighted by molar-refractivity contribution is 0.122. The summed E-state index contributed by atoms with van der Waals surface area (Å²) in [6.07, 6.45) is 2.88. The van der Waals surface area contributed by atoms with Crippen LogP contribution in [0.15, 0.2) is 36.9 Å². The lowest BCUT2D eigenvalue weighted by Crippen LogP contribution is -2.36. The van der Waals surface area contributed by atoms with Gasteiger partial charge in [-0.25, -0.2) is 0 Å². The van der Waals surface area contributed by atoms with Crippen molar-refractivity contribution < 1.29 is 4.74 Å². The Morgan fingerprint density at radius 3 is 2.47 bits per heavy atom.